The van der Waals surface area contributed by atoms with E-state index in [4.69, 9.17) is 5.11 Å². The topological polar surface area (TPSA) is 70.5 Å². The summed E-state index contributed by atoms with van der Waals surface area (Å²) in [6.45, 7) is 0.618. The lowest BCUT2D eigenvalue weighted by atomic mass is 10.1. The van der Waals surface area contributed by atoms with E-state index < -0.39 is 5.97 Å². The number of carboxylic acid groups (broad SMARTS) is 1. The van der Waals surface area contributed by atoms with Gasteiger partial charge in [-0.1, -0.05) is 6.07 Å². The number of pyridine rings is 1. The molecule has 0 saturated carbocycles. The predicted octanol–water partition coefficient (Wildman–Crippen LogP) is 1.16. The number of likely N-dealkylation sites (tertiary alicyclic amines) is 1. The molecule has 1 aliphatic heterocycles. The molecule has 1 atom stereocenters. The second-order valence-corrected chi connectivity index (χ2v) is 4.11. The van der Waals surface area contributed by atoms with E-state index in [9.17, 15) is 9.59 Å². The smallest absolute Gasteiger partial charge is 0.305 e. The summed E-state index contributed by atoms with van der Waals surface area (Å²) in [5, 5.41) is 8.79. The Morgan fingerprint density at radius 2 is 2.29 bits per heavy atom. The molecule has 0 radical (unpaired) electrons. The monoisotopic (exact) mass is 234 g/mol. The quantitative estimate of drug-likeness (QED) is 0.852. The average molecular weight is 234 g/mol. The number of aromatic nitrogens is 1. The normalized spacial score (nSPS) is 19.3. The second kappa shape index (κ2) is 4.95. The highest BCUT2D eigenvalue weighted by Crippen LogP contribution is 2.21. The lowest BCUT2D eigenvalue weighted by Crippen LogP contribution is -2.37. The second-order valence-electron chi connectivity index (χ2n) is 4.11. The molecule has 2 rings (SSSR count). The Morgan fingerprint density at radius 3 is 2.94 bits per heavy atom. The molecule has 2 heterocycles. The van der Waals surface area contributed by atoms with Crippen molar-refractivity contribution in [3.05, 3.63) is 30.1 Å². The zero-order chi connectivity index (χ0) is 12.3. The Bertz CT molecular complexity index is 419. The van der Waals surface area contributed by atoms with Crippen molar-refractivity contribution >= 4 is 11.9 Å². The molecule has 1 saturated heterocycles. The highest BCUT2D eigenvalue weighted by Gasteiger charge is 2.31. The molecule has 5 heteroatoms. The third-order valence-electron chi connectivity index (χ3n) is 2.93. The SMILES string of the molecule is O=C(O)CC1CCCN1C(=O)c1ccccn1. The first-order valence-electron chi connectivity index (χ1n) is 5.62. The Balaban J connectivity index is 2.11. The highest BCUT2D eigenvalue weighted by molar-refractivity contribution is 5.92. The Morgan fingerprint density at radius 1 is 1.47 bits per heavy atom. The van der Waals surface area contributed by atoms with Crippen LogP contribution in [0.15, 0.2) is 24.4 Å². The minimum Gasteiger partial charge on any atom is -0.481 e. The van der Waals surface area contributed by atoms with Crippen LogP contribution in [0.3, 0.4) is 0 Å². The Labute approximate surface area is 99.1 Å². The maximum Gasteiger partial charge on any atom is 0.305 e. The molecule has 0 aromatic carbocycles. The maximum atomic E-state index is 12.1. The minimum absolute atomic E-state index is 0.0125. The Hall–Kier alpha value is -1.91. The van der Waals surface area contributed by atoms with Gasteiger partial charge in [0, 0.05) is 18.8 Å². The van der Waals surface area contributed by atoms with E-state index in [-0.39, 0.29) is 18.4 Å². The number of carbonyl (C=O) groups excluding carboxylic acids is 1. The summed E-state index contributed by atoms with van der Waals surface area (Å²) in [5.74, 6) is -1.04. The van der Waals surface area contributed by atoms with Gasteiger partial charge in [0.25, 0.3) is 5.91 Å². The number of rotatable bonds is 3. The van der Waals surface area contributed by atoms with Gasteiger partial charge in [-0.2, -0.15) is 0 Å². The molecule has 0 bridgehead atoms. The third kappa shape index (κ3) is 2.61. The van der Waals surface area contributed by atoms with Crippen LogP contribution in [0.1, 0.15) is 29.8 Å². The van der Waals surface area contributed by atoms with Crippen molar-refractivity contribution in [2.24, 2.45) is 0 Å². The fraction of sp³-hybridized carbons (Fsp3) is 0.417. The molecule has 1 aromatic heterocycles. The molecule has 1 amide bonds. The van der Waals surface area contributed by atoms with Gasteiger partial charge >= 0.3 is 5.97 Å². The molecule has 0 spiro atoms. The lowest BCUT2D eigenvalue weighted by molar-refractivity contribution is -0.137. The molecular formula is C12H14N2O3. The van der Waals surface area contributed by atoms with Crippen molar-refractivity contribution < 1.29 is 14.7 Å². The summed E-state index contributed by atoms with van der Waals surface area (Å²) in [7, 11) is 0. The summed E-state index contributed by atoms with van der Waals surface area (Å²) in [5.41, 5.74) is 0.379. The number of carboxylic acids is 1. The molecule has 0 aliphatic carbocycles. The van der Waals surface area contributed by atoms with E-state index in [1.54, 1.807) is 29.3 Å². The summed E-state index contributed by atoms with van der Waals surface area (Å²) in [4.78, 5) is 28.4. The first-order valence-corrected chi connectivity index (χ1v) is 5.62. The fourth-order valence-electron chi connectivity index (χ4n) is 2.15. The van der Waals surface area contributed by atoms with Crippen LogP contribution >= 0.6 is 0 Å². The van der Waals surface area contributed by atoms with Crippen molar-refractivity contribution in [3.8, 4) is 0 Å². The summed E-state index contributed by atoms with van der Waals surface area (Å²) in [6, 6.07) is 4.96. The van der Waals surface area contributed by atoms with Gasteiger partial charge in [0.2, 0.25) is 0 Å². The number of amides is 1. The third-order valence-corrected chi connectivity index (χ3v) is 2.93. The van der Waals surface area contributed by atoms with E-state index in [0.29, 0.717) is 12.2 Å². The molecule has 1 aliphatic rings. The number of carbonyl (C=O) groups is 2. The van der Waals surface area contributed by atoms with E-state index in [0.717, 1.165) is 12.8 Å². The van der Waals surface area contributed by atoms with Gasteiger partial charge in [0.05, 0.1) is 6.42 Å². The maximum absolute atomic E-state index is 12.1. The molecule has 17 heavy (non-hydrogen) atoms. The van der Waals surface area contributed by atoms with Crippen LogP contribution in [0.4, 0.5) is 0 Å². The molecule has 1 N–H and O–H groups in total. The van der Waals surface area contributed by atoms with Crippen LogP contribution in [0.2, 0.25) is 0 Å². The predicted molar refractivity (Wildman–Crippen MR) is 60.5 cm³/mol. The molecular weight excluding hydrogens is 220 g/mol. The van der Waals surface area contributed by atoms with Crippen LogP contribution < -0.4 is 0 Å². The minimum atomic E-state index is -0.865. The molecule has 1 aromatic rings. The van der Waals surface area contributed by atoms with Crippen molar-refractivity contribution in [2.45, 2.75) is 25.3 Å². The zero-order valence-corrected chi connectivity index (χ0v) is 9.37. The van der Waals surface area contributed by atoms with Crippen LogP contribution in [-0.4, -0.2) is 39.5 Å². The molecule has 1 unspecified atom stereocenters. The summed E-state index contributed by atoms with van der Waals surface area (Å²) < 4.78 is 0. The largest absolute Gasteiger partial charge is 0.481 e. The number of nitrogens with zero attached hydrogens (tertiary/aromatic N) is 2. The molecule has 90 valence electrons. The molecule has 1 fully saturated rings. The Kier molecular flexibility index (Phi) is 3.37. The van der Waals surface area contributed by atoms with Gasteiger partial charge in [-0.15, -0.1) is 0 Å². The van der Waals surface area contributed by atoms with Crippen LogP contribution in [-0.2, 0) is 4.79 Å². The number of aliphatic carboxylic acids is 1. The van der Waals surface area contributed by atoms with E-state index >= 15 is 0 Å². The summed E-state index contributed by atoms with van der Waals surface area (Å²) >= 11 is 0. The first-order chi connectivity index (χ1) is 8.18. The van der Waals surface area contributed by atoms with Crippen molar-refractivity contribution in [1.82, 2.24) is 9.88 Å². The number of hydrogen-bond acceptors (Lipinski definition) is 3. The lowest BCUT2D eigenvalue weighted by Gasteiger charge is -2.22. The van der Waals surface area contributed by atoms with Gasteiger partial charge < -0.3 is 10.0 Å². The zero-order valence-electron chi connectivity index (χ0n) is 9.37. The van der Waals surface area contributed by atoms with Gasteiger partial charge in [-0.3, -0.25) is 14.6 Å². The van der Waals surface area contributed by atoms with Crippen LogP contribution in [0.5, 0.6) is 0 Å². The highest BCUT2D eigenvalue weighted by atomic mass is 16.4. The fourth-order valence-corrected chi connectivity index (χ4v) is 2.15. The van der Waals surface area contributed by atoms with Crippen LogP contribution in [0, 0.1) is 0 Å². The van der Waals surface area contributed by atoms with E-state index in [1.165, 1.54) is 0 Å². The van der Waals surface area contributed by atoms with E-state index in [1.807, 2.05) is 0 Å². The van der Waals surface area contributed by atoms with Gasteiger partial charge in [-0.05, 0) is 25.0 Å². The van der Waals surface area contributed by atoms with Gasteiger partial charge in [0.15, 0.2) is 0 Å². The van der Waals surface area contributed by atoms with E-state index in [2.05, 4.69) is 4.98 Å². The summed E-state index contributed by atoms with van der Waals surface area (Å²) in [6.07, 6.45) is 3.19. The number of hydrogen-bond donors (Lipinski definition) is 1. The van der Waals surface area contributed by atoms with Gasteiger partial charge in [0.1, 0.15) is 5.69 Å². The van der Waals surface area contributed by atoms with Crippen molar-refractivity contribution in [1.29, 1.82) is 0 Å². The van der Waals surface area contributed by atoms with Crippen molar-refractivity contribution in [2.75, 3.05) is 6.54 Å². The first kappa shape index (κ1) is 11.6. The van der Waals surface area contributed by atoms with Crippen LogP contribution in [0.25, 0.3) is 0 Å². The molecule has 5 nitrogen and oxygen atoms in total. The van der Waals surface area contributed by atoms with Gasteiger partial charge in [-0.25, -0.2) is 0 Å². The average Bonchev–Trinajstić information content (AvgIpc) is 2.76. The van der Waals surface area contributed by atoms with Crippen molar-refractivity contribution in [3.63, 3.8) is 0 Å². The standard InChI is InChI=1S/C12H14N2O3/c15-11(16)8-9-4-3-7-14(9)12(17)10-5-1-2-6-13-10/h1-2,5-6,9H,3-4,7-8H2,(H,15,16).